The van der Waals surface area contributed by atoms with Crippen LogP contribution in [0.25, 0.3) is 0 Å². The van der Waals surface area contributed by atoms with Crippen molar-refractivity contribution in [3.8, 4) is 17.6 Å². The first-order valence-corrected chi connectivity index (χ1v) is 8.97. The van der Waals surface area contributed by atoms with Gasteiger partial charge in [0.25, 0.3) is 0 Å². The van der Waals surface area contributed by atoms with Crippen LogP contribution >= 0.6 is 11.3 Å². The van der Waals surface area contributed by atoms with Gasteiger partial charge in [-0.15, -0.1) is 11.3 Å². The number of nitrogens with zero attached hydrogens (tertiary/aromatic N) is 1. The summed E-state index contributed by atoms with van der Waals surface area (Å²) < 4.78 is 5.72. The van der Waals surface area contributed by atoms with Crippen LogP contribution in [0.2, 0.25) is 0 Å². The molecule has 0 aliphatic carbocycles. The van der Waals surface area contributed by atoms with E-state index in [4.69, 9.17) is 10.00 Å². The molecule has 0 aliphatic rings. The van der Waals surface area contributed by atoms with Crippen LogP contribution in [0.5, 0.6) is 11.5 Å². The van der Waals surface area contributed by atoms with Crippen LogP contribution in [-0.2, 0) is 6.42 Å². The molecular formula is C20H17N3O2S. The van der Waals surface area contributed by atoms with Crippen molar-refractivity contribution in [3.63, 3.8) is 0 Å². The number of hydrogen-bond acceptors (Lipinski definition) is 4. The largest absolute Gasteiger partial charge is 0.456 e. The van der Waals surface area contributed by atoms with E-state index >= 15 is 0 Å². The number of benzene rings is 2. The Kier molecular flexibility index (Phi) is 5.86. The molecule has 3 aromatic rings. The van der Waals surface area contributed by atoms with E-state index in [1.807, 2.05) is 23.6 Å². The highest BCUT2D eigenvalue weighted by Gasteiger charge is 2.05. The predicted molar refractivity (Wildman–Crippen MR) is 103 cm³/mol. The summed E-state index contributed by atoms with van der Waals surface area (Å²) in [5, 5.41) is 16.7. The Morgan fingerprint density at radius 3 is 2.62 bits per heavy atom. The molecule has 2 N–H and O–H groups in total. The lowest BCUT2D eigenvalue weighted by atomic mass is 10.2. The number of para-hydroxylation sites is 1. The van der Waals surface area contributed by atoms with E-state index in [0.717, 1.165) is 6.42 Å². The number of ether oxygens (including phenoxy) is 1. The van der Waals surface area contributed by atoms with E-state index < -0.39 is 0 Å². The van der Waals surface area contributed by atoms with Crippen LogP contribution in [0.3, 0.4) is 0 Å². The van der Waals surface area contributed by atoms with Crippen molar-refractivity contribution in [3.05, 3.63) is 76.5 Å². The molecule has 0 saturated heterocycles. The van der Waals surface area contributed by atoms with Crippen LogP contribution in [-0.4, -0.2) is 12.6 Å². The summed E-state index contributed by atoms with van der Waals surface area (Å²) in [5.74, 6) is 1.10. The standard InChI is InChI=1S/C20H17N3O2S/c21-14-15-4-1-2-6-19(15)25-17-9-7-16(8-10-17)23-20(24)22-12-11-18-5-3-13-26-18/h1-10,13H,11-12H2,(H2,22,23,24). The number of carbonyl (C=O) groups excluding carboxylic acids is 1. The second-order valence-electron chi connectivity index (χ2n) is 5.44. The van der Waals surface area contributed by atoms with Crippen molar-refractivity contribution in [1.29, 1.82) is 5.26 Å². The van der Waals surface area contributed by atoms with Crippen LogP contribution in [0.1, 0.15) is 10.4 Å². The smallest absolute Gasteiger partial charge is 0.319 e. The van der Waals surface area contributed by atoms with E-state index in [0.29, 0.717) is 29.3 Å². The van der Waals surface area contributed by atoms with Gasteiger partial charge in [0.2, 0.25) is 0 Å². The molecule has 0 unspecified atom stereocenters. The van der Waals surface area contributed by atoms with Gasteiger partial charge in [-0.2, -0.15) is 5.26 Å². The molecule has 0 radical (unpaired) electrons. The van der Waals surface area contributed by atoms with Gasteiger partial charge >= 0.3 is 6.03 Å². The zero-order valence-corrected chi connectivity index (χ0v) is 14.8. The van der Waals surface area contributed by atoms with E-state index in [1.54, 1.807) is 53.8 Å². The molecule has 1 aromatic heterocycles. The molecule has 6 heteroatoms. The third kappa shape index (κ3) is 4.85. The SMILES string of the molecule is N#Cc1ccccc1Oc1ccc(NC(=O)NCCc2cccs2)cc1. The van der Waals surface area contributed by atoms with Crippen molar-refractivity contribution in [2.24, 2.45) is 0 Å². The van der Waals surface area contributed by atoms with Gasteiger partial charge in [-0.1, -0.05) is 18.2 Å². The van der Waals surface area contributed by atoms with Gasteiger partial charge in [0, 0.05) is 17.1 Å². The van der Waals surface area contributed by atoms with Crippen LogP contribution in [0.15, 0.2) is 66.0 Å². The zero-order chi connectivity index (χ0) is 18.2. The Labute approximate surface area is 155 Å². The van der Waals surface area contributed by atoms with Crippen molar-refractivity contribution >= 4 is 23.1 Å². The van der Waals surface area contributed by atoms with Gasteiger partial charge in [0.1, 0.15) is 17.6 Å². The highest BCUT2D eigenvalue weighted by Crippen LogP contribution is 2.25. The molecule has 26 heavy (non-hydrogen) atoms. The molecule has 0 bridgehead atoms. The topological polar surface area (TPSA) is 74.1 Å². The van der Waals surface area contributed by atoms with Gasteiger partial charge in [-0.3, -0.25) is 0 Å². The van der Waals surface area contributed by atoms with Gasteiger partial charge in [0.15, 0.2) is 0 Å². The molecule has 0 spiro atoms. The lowest BCUT2D eigenvalue weighted by Gasteiger charge is -2.09. The zero-order valence-electron chi connectivity index (χ0n) is 13.9. The van der Waals surface area contributed by atoms with Gasteiger partial charge in [-0.05, 0) is 54.3 Å². The lowest BCUT2D eigenvalue weighted by molar-refractivity contribution is 0.252. The van der Waals surface area contributed by atoms with Gasteiger partial charge < -0.3 is 15.4 Å². The first-order chi connectivity index (χ1) is 12.7. The number of thiophene rings is 1. The third-order valence-electron chi connectivity index (χ3n) is 3.58. The maximum absolute atomic E-state index is 11.9. The fourth-order valence-corrected chi connectivity index (χ4v) is 3.02. The van der Waals surface area contributed by atoms with Gasteiger partial charge in [-0.25, -0.2) is 4.79 Å². The average Bonchev–Trinajstić information content (AvgIpc) is 3.17. The highest BCUT2D eigenvalue weighted by atomic mass is 32.1. The first-order valence-electron chi connectivity index (χ1n) is 8.09. The maximum Gasteiger partial charge on any atom is 0.319 e. The quantitative estimate of drug-likeness (QED) is 0.662. The number of hydrogen-bond donors (Lipinski definition) is 2. The first kappa shape index (κ1) is 17.5. The Balaban J connectivity index is 1.51. The number of urea groups is 1. The van der Waals surface area contributed by atoms with E-state index in [-0.39, 0.29) is 6.03 Å². The predicted octanol–water partition coefficient (Wildman–Crippen LogP) is 4.78. The van der Waals surface area contributed by atoms with Crippen molar-refractivity contribution in [1.82, 2.24) is 5.32 Å². The minimum atomic E-state index is -0.245. The van der Waals surface area contributed by atoms with Crippen molar-refractivity contribution in [2.75, 3.05) is 11.9 Å². The number of nitrogens with one attached hydrogen (secondary N) is 2. The molecule has 0 aliphatic heterocycles. The Morgan fingerprint density at radius 1 is 1.08 bits per heavy atom. The fraction of sp³-hybridized carbons (Fsp3) is 0.100. The average molecular weight is 363 g/mol. The lowest BCUT2D eigenvalue weighted by Crippen LogP contribution is -2.30. The molecule has 2 aromatic carbocycles. The summed E-state index contributed by atoms with van der Waals surface area (Å²) >= 11 is 1.68. The molecule has 3 rings (SSSR count). The number of anilines is 1. The summed E-state index contributed by atoms with van der Waals surface area (Å²) in [6, 6.07) is 19.9. The minimum Gasteiger partial charge on any atom is -0.456 e. The molecular weight excluding hydrogens is 346 g/mol. The summed E-state index contributed by atoms with van der Waals surface area (Å²) in [5.41, 5.74) is 1.14. The van der Waals surface area contributed by atoms with E-state index in [1.165, 1.54) is 4.88 Å². The Hall–Kier alpha value is -3.30. The molecule has 1 heterocycles. The second-order valence-corrected chi connectivity index (χ2v) is 6.48. The number of rotatable bonds is 6. The van der Waals surface area contributed by atoms with Crippen LogP contribution < -0.4 is 15.4 Å². The highest BCUT2D eigenvalue weighted by molar-refractivity contribution is 7.09. The third-order valence-corrected chi connectivity index (χ3v) is 4.52. The van der Waals surface area contributed by atoms with E-state index in [9.17, 15) is 4.79 Å². The molecule has 0 saturated carbocycles. The fourth-order valence-electron chi connectivity index (χ4n) is 2.31. The monoisotopic (exact) mass is 363 g/mol. The van der Waals surface area contributed by atoms with E-state index in [2.05, 4.69) is 16.7 Å². The molecule has 2 amide bonds. The Morgan fingerprint density at radius 2 is 1.88 bits per heavy atom. The molecule has 0 fully saturated rings. The van der Waals surface area contributed by atoms with Gasteiger partial charge in [0.05, 0.1) is 5.56 Å². The summed E-state index contributed by atoms with van der Waals surface area (Å²) in [6.45, 7) is 0.582. The Bertz CT molecular complexity index is 900. The van der Waals surface area contributed by atoms with Crippen molar-refractivity contribution in [2.45, 2.75) is 6.42 Å². The summed E-state index contributed by atoms with van der Waals surface area (Å²) in [4.78, 5) is 13.2. The molecule has 130 valence electrons. The van der Waals surface area contributed by atoms with Crippen molar-refractivity contribution < 1.29 is 9.53 Å². The normalized spacial score (nSPS) is 9.96. The maximum atomic E-state index is 11.9. The summed E-state index contributed by atoms with van der Waals surface area (Å²) in [6.07, 6.45) is 0.816. The molecule has 0 atom stereocenters. The van der Waals surface area contributed by atoms with Crippen LogP contribution in [0.4, 0.5) is 10.5 Å². The number of amides is 2. The van der Waals surface area contributed by atoms with Crippen LogP contribution in [0, 0.1) is 11.3 Å². The number of carbonyl (C=O) groups is 1. The number of nitriles is 1. The summed E-state index contributed by atoms with van der Waals surface area (Å²) in [7, 11) is 0. The molecule has 5 nitrogen and oxygen atoms in total. The second kappa shape index (κ2) is 8.70. The minimum absolute atomic E-state index is 0.245.